The Balaban J connectivity index is 1.76. The lowest BCUT2D eigenvalue weighted by Gasteiger charge is -2.29. The van der Waals surface area contributed by atoms with Gasteiger partial charge in [-0.25, -0.2) is 0 Å². The van der Waals surface area contributed by atoms with Crippen LogP contribution < -0.4 is 4.74 Å². The van der Waals surface area contributed by atoms with E-state index >= 15 is 0 Å². The smallest absolute Gasteiger partial charge is 0.140 e. The van der Waals surface area contributed by atoms with E-state index in [4.69, 9.17) is 4.74 Å². The van der Waals surface area contributed by atoms with Crippen LogP contribution in [0.3, 0.4) is 0 Å². The Labute approximate surface area is 202 Å². The van der Waals surface area contributed by atoms with Crippen molar-refractivity contribution in [3.63, 3.8) is 0 Å². The van der Waals surface area contributed by atoms with E-state index in [9.17, 15) is 0 Å². The van der Waals surface area contributed by atoms with Gasteiger partial charge < -0.3 is 4.74 Å². The molecule has 0 unspecified atom stereocenters. The van der Waals surface area contributed by atoms with Crippen LogP contribution in [0.15, 0.2) is 120 Å². The standard InChI is InChI=1S/C31H21BrO/c32-30-28(22-14-6-2-7-15-22)27(21-12-4-1-5-13-21)25-20-24-18-10-11-19-26(24)33-31(25)29(30)23-16-8-3-9-17-23/h1-19H,20H2. The van der Waals surface area contributed by atoms with Gasteiger partial charge in [-0.1, -0.05) is 109 Å². The molecule has 0 bridgehead atoms. The van der Waals surface area contributed by atoms with Crippen LogP contribution in [-0.2, 0) is 6.42 Å². The van der Waals surface area contributed by atoms with Crippen LogP contribution in [0.2, 0.25) is 0 Å². The molecular weight excluding hydrogens is 468 g/mol. The van der Waals surface area contributed by atoms with Gasteiger partial charge in [-0.2, -0.15) is 0 Å². The Morgan fingerprint density at radius 2 is 1.00 bits per heavy atom. The lowest BCUT2D eigenvalue weighted by atomic mass is 9.83. The van der Waals surface area contributed by atoms with Gasteiger partial charge in [0.2, 0.25) is 0 Å². The molecule has 1 heterocycles. The minimum absolute atomic E-state index is 0.822. The number of fused-ring (bicyclic) bond motifs is 2. The molecule has 1 nitrogen and oxygen atoms in total. The fourth-order valence-electron chi connectivity index (χ4n) is 4.74. The van der Waals surface area contributed by atoms with Crippen LogP contribution >= 0.6 is 15.9 Å². The monoisotopic (exact) mass is 488 g/mol. The Morgan fingerprint density at radius 1 is 0.515 bits per heavy atom. The number of benzene rings is 5. The molecule has 2 heteroatoms. The fourth-order valence-corrected chi connectivity index (χ4v) is 5.58. The molecule has 0 amide bonds. The average molecular weight is 489 g/mol. The van der Waals surface area contributed by atoms with E-state index in [1.54, 1.807) is 0 Å². The second-order valence-electron chi connectivity index (χ2n) is 8.23. The molecule has 0 saturated carbocycles. The Morgan fingerprint density at radius 3 is 1.61 bits per heavy atom. The van der Waals surface area contributed by atoms with Gasteiger partial charge in [0.05, 0.1) is 0 Å². The molecule has 0 spiro atoms. The van der Waals surface area contributed by atoms with Crippen LogP contribution in [0.25, 0.3) is 33.4 Å². The van der Waals surface area contributed by atoms with Crippen molar-refractivity contribution in [1.29, 1.82) is 0 Å². The van der Waals surface area contributed by atoms with Gasteiger partial charge in [0.1, 0.15) is 11.5 Å². The van der Waals surface area contributed by atoms with Crippen LogP contribution in [-0.4, -0.2) is 0 Å². The molecule has 0 aliphatic carbocycles. The number of hydrogen-bond acceptors (Lipinski definition) is 1. The first-order valence-corrected chi connectivity index (χ1v) is 11.9. The zero-order valence-corrected chi connectivity index (χ0v) is 19.5. The van der Waals surface area contributed by atoms with Crippen molar-refractivity contribution < 1.29 is 4.74 Å². The minimum atomic E-state index is 0.822. The van der Waals surface area contributed by atoms with Crippen molar-refractivity contribution in [2.24, 2.45) is 0 Å². The van der Waals surface area contributed by atoms with E-state index in [0.29, 0.717) is 0 Å². The second-order valence-corrected chi connectivity index (χ2v) is 9.02. The predicted octanol–water partition coefficient (Wildman–Crippen LogP) is 9.15. The molecule has 0 radical (unpaired) electrons. The summed E-state index contributed by atoms with van der Waals surface area (Å²) in [5, 5.41) is 0. The lowest BCUT2D eigenvalue weighted by Crippen LogP contribution is -2.08. The lowest BCUT2D eigenvalue weighted by molar-refractivity contribution is 0.462. The zero-order chi connectivity index (χ0) is 22.2. The number of rotatable bonds is 3. The van der Waals surface area contributed by atoms with Gasteiger partial charge in [-0.3, -0.25) is 0 Å². The number of para-hydroxylation sites is 1. The molecule has 1 aliphatic rings. The van der Waals surface area contributed by atoms with Crippen molar-refractivity contribution in [2.75, 3.05) is 0 Å². The summed E-state index contributed by atoms with van der Waals surface area (Å²) in [5.41, 5.74) is 9.46. The topological polar surface area (TPSA) is 9.23 Å². The Kier molecular flexibility index (Phi) is 5.09. The molecule has 5 aromatic carbocycles. The quantitative estimate of drug-likeness (QED) is 0.241. The van der Waals surface area contributed by atoms with E-state index in [1.807, 2.05) is 6.07 Å². The minimum Gasteiger partial charge on any atom is -0.456 e. The van der Waals surface area contributed by atoms with Crippen LogP contribution in [0.5, 0.6) is 11.5 Å². The summed E-state index contributed by atoms with van der Waals surface area (Å²) in [7, 11) is 0. The highest BCUT2D eigenvalue weighted by Gasteiger charge is 2.30. The van der Waals surface area contributed by atoms with Crippen molar-refractivity contribution in [3.8, 4) is 44.9 Å². The summed E-state index contributed by atoms with van der Waals surface area (Å²) >= 11 is 4.04. The summed E-state index contributed by atoms with van der Waals surface area (Å²) in [6, 6.07) is 40.2. The van der Waals surface area contributed by atoms with Gasteiger partial charge in [-0.15, -0.1) is 0 Å². The molecule has 0 saturated heterocycles. The third-order valence-electron chi connectivity index (χ3n) is 6.23. The van der Waals surface area contributed by atoms with Gasteiger partial charge in [0, 0.05) is 27.6 Å². The third-order valence-corrected chi connectivity index (χ3v) is 7.02. The molecule has 0 fully saturated rings. The Bertz CT molecular complexity index is 1440. The van der Waals surface area contributed by atoms with Gasteiger partial charge >= 0.3 is 0 Å². The molecule has 5 aromatic rings. The van der Waals surface area contributed by atoms with Crippen molar-refractivity contribution in [2.45, 2.75) is 6.42 Å². The van der Waals surface area contributed by atoms with Gasteiger partial charge in [0.25, 0.3) is 0 Å². The zero-order valence-electron chi connectivity index (χ0n) is 18.0. The van der Waals surface area contributed by atoms with Crippen LogP contribution in [0.1, 0.15) is 11.1 Å². The first-order chi connectivity index (χ1) is 16.3. The molecule has 0 aromatic heterocycles. The van der Waals surface area contributed by atoms with Crippen molar-refractivity contribution in [1.82, 2.24) is 0 Å². The molecule has 0 N–H and O–H groups in total. The van der Waals surface area contributed by atoms with E-state index < -0.39 is 0 Å². The average Bonchev–Trinajstić information content (AvgIpc) is 2.88. The molecule has 33 heavy (non-hydrogen) atoms. The summed E-state index contributed by atoms with van der Waals surface area (Å²) in [4.78, 5) is 0. The normalized spacial score (nSPS) is 11.9. The summed E-state index contributed by atoms with van der Waals surface area (Å²) in [5.74, 6) is 1.87. The van der Waals surface area contributed by atoms with Gasteiger partial charge in [0.15, 0.2) is 0 Å². The fraction of sp³-hybridized carbons (Fsp3) is 0.0323. The van der Waals surface area contributed by atoms with Crippen molar-refractivity contribution >= 4 is 15.9 Å². The van der Waals surface area contributed by atoms with Crippen LogP contribution in [0.4, 0.5) is 0 Å². The number of ether oxygens (including phenoxy) is 1. The SMILES string of the molecule is Brc1c(-c2ccccc2)c2c(c(-c3ccccc3)c1-c1ccccc1)Cc1ccccc1O2. The molecule has 158 valence electrons. The largest absolute Gasteiger partial charge is 0.456 e. The maximum absolute atomic E-state index is 6.67. The molecule has 6 rings (SSSR count). The van der Waals surface area contributed by atoms with Crippen molar-refractivity contribution in [3.05, 3.63) is 131 Å². The highest BCUT2D eigenvalue weighted by Crippen LogP contribution is 2.54. The maximum atomic E-state index is 6.67. The molecular formula is C31H21BrO. The third kappa shape index (κ3) is 3.48. The summed E-state index contributed by atoms with van der Waals surface area (Å²) in [6.45, 7) is 0. The van der Waals surface area contributed by atoms with Gasteiger partial charge in [-0.05, 0) is 49.8 Å². The first kappa shape index (κ1) is 20.0. The summed E-state index contributed by atoms with van der Waals surface area (Å²) < 4.78 is 7.72. The highest BCUT2D eigenvalue weighted by atomic mass is 79.9. The molecule has 1 aliphatic heterocycles. The number of halogens is 1. The van der Waals surface area contributed by atoms with E-state index in [-0.39, 0.29) is 0 Å². The Hall–Kier alpha value is -3.62. The van der Waals surface area contributed by atoms with E-state index in [0.717, 1.165) is 33.5 Å². The maximum Gasteiger partial charge on any atom is 0.140 e. The van der Waals surface area contributed by atoms with Crippen LogP contribution in [0, 0.1) is 0 Å². The second kappa shape index (κ2) is 8.38. The predicted molar refractivity (Wildman–Crippen MR) is 140 cm³/mol. The highest BCUT2D eigenvalue weighted by molar-refractivity contribution is 9.10. The van der Waals surface area contributed by atoms with E-state index in [1.165, 1.54) is 33.4 Å². The molecule has 0 atom stereocenters. The summed E-state index contributed by atoms with van der Waals surface area (Å²) in [6.07, 6.45) is 0.822. The first-order valence-electron chi connectivity index (χ1n) is 11.1. The van der Waals surface area contributed by atoms with E-state index in [2.05, 4.69) is 125 Å². The number of hydrogen-bond donors (Lipinski definition) is 0.